The van der Waals surface area contributed by atoms with Gasteiger partial charge < -0.3 is 4.90 Å². The van der Waals surface area contributed by atoms with Gasteiger partial charge in [-0.25, -0.2) is 0 Å². The van der Waals surface area contributed by atoms with Crippen molar-refractivity contribution >= 4 is 23.4 Å². The molecule has 0 saturated heterocycles. The van der Waals surface area contributed by atoms with Crippen molar-refractivity contribution in [3.63, 3.8) is 0 Å². The highest BCUT2D eigenvalue weighted by Gasteiger charge is 2.30. The Hall–Kier alpha value is -2.25. The Balaban J connectivity index is 2.03. The molecule has 3 rings (SSSR count). The number of hydrogen-bond donors (Lipinski definition) is 0. The first-order valence-electron chi connectivity index (χ1n) is 6.75. The summed E-state index contributed by atoms with van der Waals surface area (Å²) < 4.78 is 0. The van der Waals surface area contributed by atoms with E-state index in [-0.39, 0.29) is 11.2 Å². The number of thioether (sulfide) groups is 1. The summed E-state index contributed by atoms with van der Waals surface area (Å²) in [4.78, 5) is 15.4. The second-order valence-electron chi connectivity index (χ2n) is 4.96. The maximum atomic E-state index is 12.5. The van der Waals surface area contributed by atoms with Crippen LogP contribution in [0, 0.1) is 11.3 Å². The molecule has 1 amide bonds. The van der Waals surface area contributed by atoms with Gasteiger partial charge in [-0.1, -0.05) is 30.3 Å². The Morgan fingerprint density at radius 2 is 2.00 bits per heavy atom. The van der Waals surface area contributed by atoms with E-state index < -0.39 is 0 Å². The first-order valence-corrected chi connectivity index (χ1v) is 7.63. The predicted molar refractivity (Wildman–Crippen MR) is 84.1 cm³/mol. The molecule has 1 aliphatic heterocycles. The van der Waals surface area contributed by atoms with Gasteiger partial charge in [-0.3, -0.25) is 4.79 Å². The normalized spacial score (nSPS) is 17.2. The second kappa shape index (κ2) is 5.63. The van der Waals surface area contributed by atoms with E-state index >= 15 is 0 Å². The zero-order chi connectivity index (χ0) is 14.8. The molecule has 0 spiro atoms. The highest BCUT2D eigenvalue weighted by molar-refractivity contribution is 8.00. The van der Waals surface area contributed by atoms with E-state index in [1.165, 1.54) is 0 Å². The molecule has 1 aliphatic rings. The van der Waals surface area contributed by atoms with Gasteiger partial charge >= 0.3 is 0 Å². The van der Waals surface area contributed by atoms with Crippen molar-refractivity contribution in [2.45, 2.75) is 23.6 Å². The summed E-state index contributed by atoms with van der Waals surface area (Å²) >= 11 is 1.55. The van der Waals surface area contributed by atoms with E-state index in [1.54, 1.807) is 28.8 Å². The van der Waals surface area contributed by atoms with Crippen molar-refractivity contribution in [1.29, 1.82) is 5.26 Å². The van der Waals surface area contributed by atoms with E-state index in [4.69, 9.17) is 5.26 Å². The predicted octanol–water partition coefficient (Wildman–Crippen LogP) is 3.59. The number of amides is 1. The van der Waals surface area contributed by atoms with Gasteiger partial charge in [0.1, 0.15) is 0 Å². The maximum Gasteiger partial charge on any atom is 0.240 e. The number of anilines is 1. The third-order valence-electron chi connectivity index (χ3n) is 3.48. The topological polar surface area (TPSA) is 44.1 Å². The Morgan fingerprint density at radius 3 is 2.71 bits per heavy atom. The van der Waals surface area contributed by atoms with Crippen LogP contribution in [0.15, 0.2) is 53.4 Å². The number of carbonyl (C=O) groups excluding carboxylic acids is 1. The van der Waals surface area contributed by atoms with Gasteiger partial charge in [-0.15, -0.1) is 11.8 Å². The minimum absolute atomic E-state index is 0.0893. The Morgan fingerprint density at radius 1 is 1.24 bits per heavy atom. The molecule has 0 saturated carbocycles. The number of nitriles is 1. The molecule has 1 heterocycles. The highest BCUT2D eigenvalue weighted by Crippen LogP contribution is 2.40. The van der Waals surface area contributed by atoms with Gasteiger partial charge in [-0.2, -0.15) is 5.26 Å². The lowest BCUT2D eigenvalue weighted by Crippen LogP contribution is -2.39. The quantitative estimate of drug-likeness (QED) is 0.850. The van der Waals surface area contributed by atoms with Crippen LogP contribution < -0.4 is 4.90 Å². The lowest BCUT2D eigenvalue weighted by molar-refractivity contribution is -0.118. The summed E-state index contributed by atoms with van der Waals surface area (Å²) in [5, 5.41) is 8.97. The van der Waals surface area contributed by atoms with Gasteiger partial charge in [0.15, 0.2) is 0 Å². The molecule has 1 unspecified atom stereocenters. The number of carbonyl (C=O) groups is 1. The lowest BCUT2D eigenvalue weighted by atomic mass is 10.1. The fraction of sp³-hybridized carbons (Fsp3) is 0.176. The smallest absolute Gasteiger partial charge is 0.240 e. The Labute approximate surface area is 128 Å². The highest BCUT2D eigenvalue weighted by atomic mass is 32.2. The molecule has 104 valence electrons. The molecule has 1 atom stereocenters. The largest absolute Gasteiger partial charge is 0.306 e. The van der Waals surface area contributed by atoms with Crippen LogP contribution >= 0.6 is 11.8 Å². The van der Waals surface area contributed by atoms with Crippen molar-refractivity contribution in [2.24, 2.45) is 0 Å². The Bertz CT molecular complexity index is 721. The fourth-order valence-corrected chi connectivity index (χ4v) is 3.45. The van der Waals surface area contributed by atoms with Gasteiger partial charge in [0.2, 0.25) is 5.91 Å². The van der Waals surface area contributed by atoms with Crippen LogP contribution in [0.3, 0.4) is 0 Å². The number of nitrogens with zero attached hydrogens (tertiary/aromatic N) is 2. The van der Waals surface area contributed by atoms with E-state index in [0.29, 0.717) is 12.1 Å². The van der Waals surface area contributed by atoms with Crippen molar-refractivity contribution < 1.29 is 4.79 Å². The van der Waals surface area contributed by atoms with E-state index in [1.807, 2.05) is 43.3 Å². The monoisotopic (exact) mass is 294 g/mol. The molecular weight excluding hydrogens is 280 g/mol. The van der Waals surface area contributed by atoms with E-state index in [0.717, 1.165) is 16.1 Å². The first-order chi connectivity index (χ1) is 10.2. The molecule has 0 aromatic heterocycles. The summed E-state index contributed by atoms with van der Waals surface area (Å²) in [6.45, 7) is 2.46. The summed E-state index contributed by atoms with van der Waals surface area (Å²) in [5.74, 6) is 0.0893. The summed E-state index contributed by atoms with van der Waals surface area (Å²) in [5.41, 5.74) is 2.50. The van der Waals surface area contributed by atoms with Crippen LogP contribution in [-0.4, -0.2) is 11.2 Å². The molecule has 4 heteroatoms. The van der Waals surface area contributed by atoms with Crippen molar-refractivity contribution in [2.75, 3.05) is 4.90 Å². The van der Waals surface area contributed by atoms with Crippen LogP contribution in [0.2, 0.25) is 0 Å². The zero-order valence-corrected chi connectivity index (χ0v) is 12.4. The van der Waals surface area contributed by atoms with Gasteiger partial charge in [0, 0.05) is 4.90 Å². The van der Waals surface area contributed by atoms with Crippen LogP contribution in [-0.2, 0) is 11.3 Å². The number of fused-ring (bicyclic) bond motifs is 1. The lowest BCUT2D eigenvalue weighted by Gasteiger charge is -2.32. The molecular formula is C17H14N2OS. The average molecular weight is 294 g/mol. The SMILES string of the molecule is CC1Sc2ccc(C#N)cc2N(Cc2ccccc2)C1=O. The van der Waals surface area contributed by atoms with Crippen molar-refractivity contribution in [3.05, 3.63) is 59.7 Å². The van der Waals surface area contributed by atoms with Crippen LogP contribution in [0.25, 0.3) is 0 Å². The van der Waals surface area contributed by atoms with Gasteiger partial charge in [-0.05, 0) is 30.7 Å². The molecule has 0 aliphatic carbocycles. The summed E-state index contributed by atoms with van der Waals surface area (Å²) in [6, 6.07) is 17.6. The first kappa shape index (κ1) is 13.7. The maximum absolute atomic E-state index is 12.5. The van der Waals surface area contributed by atoms with Gasteiger partial charge in [0.25, 0.3) is 0 Å². The minimum Gasteiger partial charge on any atom is -0.306 e. The van der Waals surface area contributed by atoms with Crippen molar-refractivity contribution in [1.82, 2.24) is 0 Å². The molecule has 0 bridgehead atoms. The number of rotatable bonds is 2. The minimum atomic E-state index is -0.103. The summed E-state index contributed by atoms with van der Waals surface area (Å²) in [6.07, 6.45) is 0. The van der Waals surface area contributed by atoms with Gasteiger partial charge in [0.05, 0.1) is 29.1 Å². The van der Waals surface area contributed by atoms with Crippen LogP contribution in [0.5, 0.6) is 0 Å². The molecule has 0 N–H and O–H groups in total. The van der Waals surface area contributed by atoms with Crippen molar-refractivity contribution in [3.8, 4) is 6.07 Å². The van der Waals surface area contributed by atoms with E-state index in [9.17, 15) is 4.79 Å². The third-order valence-corrected chi connectivity index (χ3v) is 4.63. The zero-order valence-electron chi connectivity index (χ0n) is 11.6. The Kier molecular flexibility index (Phi) is 3.68. The average Bonchev–Trinajstić information content (AvgIpc) is 2.52. The molecule has 0 radical (unpaired) electrons. The standard InChI is InChI=1S/C17H14N2OS/c1-12-17(20)19(11-13-5-3-2-4-6-13)15-9-14(10-18)7-8-16(15)21-12/h2-9,12H,11H2,1H3. The number of hydrogen-bond acceptors (Lipinski definition) is 3. The van der Waals surface area contributed by atoms with E-state index in [2.05, 4.69) is 6.07 Å². The fourth-order valence-electron chi connectivity index (χ4n) is 2.41. The molecule has 3 nitrogen and oxygen atoms in total. The number of benzene rings is 2. The van der Waals surface area contributed by atoms with Crippen LogP contribution in [0.1, 0.15) is 18.1 Å². The summed E-state index contributed by atoms with van der Waals surface area (Å²) in [7, 11) is 0. The van der Waals surface area contributed by atoms with Crippen LogP contribution in [0.4, 0.5) is 5.69 Å². The molecule has 21 heavy (non-hydrogen) atoms. The molecule has 0 fully saturated rings. The third kappa shape index (κ3) is 2.65. The second-order valence-corrected chi connectivity index (χ2v) is 6.35. The molecule has 2 aromatic rings. The molecule has 2 aromatic carbocycles.